The van der Waals surface area contributed by atoms with Crippen LogP contribution >= 0.6 is 35.9 Å². The van der Waals surface area contributed by atoms with Crippen LogP contribution in [0.1, 0.15) is 73.8 Å². The lowest BCUT2D eigenvalue weighted by atomic mass is 10.1. The van der Waals surface area contributed by atoms with Crippen LogP contribution < -0.4 is 76.4 Å². The fraction of sp³-hybridized carbons (Fsp3) is 0.645. The molecule has 0 radical (unpaired) electrons. The highest BCUT2D eigenvalue weighted by atomic mass is 32.7. The summed E-state index contributed by atoms with van der Waals surface area (Å²) < 4.78 is 208. The van der Waals surface area contributed by atoms with Gasteiger partial charge in [0.2, 0.25) is 5.95 Å². The topological polar surface area (TPSA) is 809 Å². The van der Waals surface area contributed by atoms with E-state index in [4.69, 9.17) is 186 Å². The van der Waals surface area contributed by atoms with E-state index in [0.717, 1.165) is 38.9 Å². The van der Waals surface area contributed by atoms with Crippen molar-refractivity contribution in [1.82, 2.24) is 87.2 Å². The van der Waals surface area contributed by atoms with Crippen molar-refractivity contribution in [2.45, 2.75) is 182 Å². The quantitative estimate of drug-likeness (QED) is 0.0103. The highest BCUT2D eigenvalue weighted by Crippen LogP contribution is 2.57. The number of imidazole rings is 3. The molecule has 6 aliphatic heterocycles. The number of H-pyrrole nitrogens is 2. The number of phosphoric ester groups is 2. The highest BCUT2D eigenvalue weighted by molar-refractivity contribution is 8.32. The Bertz CT molecular complexity index is 6640. The zero-order valence-electron chi connectivity index (χ0n) is 78.9. The molecule has 0 aromatic carbocycles. The summed E-state index contributed by atoms with van der Waals surface area (Å²) >= 11 is 16.8. The van der Waals surface area contributed by atoms with E-state index in [1.165, 1.54) is 88.1 Å². The maximum absolute atomic E-state index is 15.6. The first-order valence-electron chi connectivity index (χ1n) is 44.5. The van der Waals surface area contributed by atoms with Gasteiger partial charge in [-0.05, 0) is 27.2 Å². The van der Waals surface area contributed by atoms with Gasteiger partial charge in [0.1, 0.15) is 147 Å². The Morgan fingerprint density at radius 1 is 0.418 bits per heavy atom. The number of aromatic nitrogens is 18. The molecule has 6 saturated heterocycles. The van der Waals surface area contributed by atoms with Gasteiger partial charge in [-0.1, -0.05) is 30.5 Å². The van der Waals surface area contributed by atoms with E-state index >= 15 is 28.4 Å². The SMILES string of the molecule is CC[C@H]1O[C@@H](n2cnc3c(=O)[nH]c(N)nc32)C[C@H]1OP([O-])(=S)OC[C@H]1O[C@@H](n2cc(C)c(N)nc2=O)C(OCCOC)[C@H]1OP(=O)([O-])OC[C@H]1O[C@@H](n2cnc3c(N)ncnc32)C(OCCOC)[C@H]1OP(=O)([O-])OC[C@H]1O[C@@H](n2cc(C)c(=O)[nH]c2=O)C(OCCOC)[C@H]1OP(=O)([S-])OC[C@H]1O[C@@H](n2cnc3c(N)ncnc32)C(OCCOC)[C@H]1OP([O-])(=S)OC[C@H]1O[C@@H](n2cc(C)c(N)nc2=O)C(OCCOC)[C@H]1O. The summed E-state index contributed by atoms with van der Waals surface area (Å²) in [6.45, 7) is -16.9. The normalized spacial score (nSPS) is 29.1. The first-order chi connectivity index (χ1) is 69.6. The number of rotatable bonds is 52. The van der Waals surface area contributed by atoms with Gasteiger partial charge in [0.05, 0.1) is 130 Å². The molecule has 0 saturated carbocycles. The summed E-state index contributed by atoms with van der Waals surface area (Å²) in [7, 11) is -5.64. The van der Waals surface area contributed by atoms with Gasteiger partial charge in [-0.2, -0.15) is 15.0 Å². The fourth-order valence-corrected chi connectivity index (χ4v) is 22.9. The van der Waals surface area contributed by atoms with E-state index in [1.807, 2.05) is 0 Å². The first-order valence-corrected chi connectivity index (χ1v) is 55.1. The molecule has 0 spiro atoms. The van der Waals surface area contributed by atoms with Crippen LogP contribution in [0.25, 0.3) is 33.5 Å². The van der Waals surface area contributed by atoms with Crippen LogP contribution in [-0.2, 0) is 171 Å². The summed E-state index contributed by atoms with van der Waals surface area (Å²) in [5, 5.41) is 11.8. The third-order valence-electron chi connectivity index (χ3n) is 23.7. The number of hydrogen-bond acceptors (Lipinski definition) is 57. The number of aliphatic hydroxyl groups excluding tert-OH is 1. The van der Waals surface area contributed by atoms with E-state index in [-0.39, 0.29) is 140 Å². The van der Waals surface area contributed by atoms with Gasteiger partial charge in [-0.25, -0.2) is 49.3 Å². The van der Waals surface area contributed by atoms with Gasteiger partial charge >= 0.3 is 17.1 Å². The van der Waals surface area contributed by atoms with Crippen molar-refractivity contribution in [3.05, 3.63) is 119 Å². The average molecular weight is 2220 g/mol. The maximum atomic E-state index is 15.6. The molecule has 0 amide bonds. The lowest BCUT2D eigenvalue weighted by Gasteiger charge is -2.36. The molecule has 9 aromatic rings. The molecule has 146 heavy (non-hydrogen) atoms. The molecular formula is C76H105N23O39P5S3-5. The number of methoxy groups -OCH3 is 5. The van der Waals surface area contributed by atoms with E-state index in [9.17, 15) is 34.0 Å². The van der Waals surface area contributed by atoms with Crippen LogP contribution in [-0.4, -0.2) is 331 Å². The monoisotopic (exact) mass is 2210 g/mol. The Labute approximate surface area is 840 Å². The zero-order chi connectivity index (χ0) is 105. The smallest absolute Gasteiger partial charge is 0.351 e. The summed E-state index contributed by atoms with van der Waals surface area (Å²) in [6.07, 6.45) is -28.4. The van der Waals surface area contributed by atoms with Gasteiger partial charge < -0.3 is 187 Å². The van der Waals surface area contributed by atoms with Gasteiger partial charge in [0.25, 0.3) is 26.8 Å². The third-order valence-corrected chi connectivity index (χ3v) is 30.3. The van der Waals surface area contributed by atoms with Crippen molar-refractivity contribution in [1.29, 1.82) is 0 Å². The number of nitrogen functional groups attached to an aromatic ring is 5. The minimum Gasteiger partial charge on any atom is -0.780 e. The molecule has 70 heteroatoms. The number of aliphatic hydroxyl groups is 1. The van der Waals surface area contributed by atoms with Crippen molar-refractivity contribution in [3.63, 3.8) is 0 Å². The lowest BCUT2D eigenvalue weighted by molar-refractivity contribution is -0.241. The van der Waals surface area contributed by atoms with Crippen molar-refractivity contribution < 1.29 is 159 Å². The van der Waals surface area contributed by atoms with E-state index < -0.39 is 251 Å². The standard InChI is InChI=1S/C76H110N23O39P5S3/c1-10-38-39(21-45(128-38)97-32-88-48-65(97)91-73(81)92-67(48)102)134-141(110,144)126-28-43-51(55(119-17-12-114-6)69(131-43)95-23-36(3)60(78)90-75(95)104)136-139(106,107)123-26-41-50(56(120-18-13-115-7)71(132-41)98-33-86-46-61(79)82-30-84-63(46)98)135-140(108,109)124-27-42-52(57(121-19-14-116-8)70(130-42)96-24-37(4)66(101)93-76(96)105)137-143(112,146)127-29-44-53(58(122-20-15-117-9)72(133-44)99-34-87-47-62(80)83-31-85-64(47)99)138-142(111,145)125-25-40-49(100)54(118-16-11-113-5)68(129-40)94-22-35(2)59(77)89-74(94)103/h22-24,30-34,38-45,49-58,68-72,100H,10-21,25-29H2,1-9H3,(H,106,107)(H,108,109)(H,110,144)(H,111,145)(H,112,146)(H2,77,89,103)(H2,78,90,104)(H2,79,82,84)(H2,80,83,85)(H,93,101,105)(H3,81,91,92,102)/p-5/t38-,39-,40-,41-,42-,43-,44-,45-,49+,50+,51+,52+,53+,54?,55?,56?,57?,58?,68-,69-,70-,71-,72-,141?,142?,143?/m1/s1. The van der Waals surface area contributed by atoms with Gasteiger partial charge in [0.15, 0.2) is 72.0 Å². The Morgan fingerprint density at radius 3 is 1.27 bits per heavy atom. The van der Waals surface area contributed by atoms with Crippen LogP contribution in [0.3, 0.4) is 0 Å². The number of phosphoric acid groups is 2. The number of ether oxygens (including phenoxy) is 16. The number of nitrogens with one attached hydrogen (secondary N) is 2. The van der Waals surface area contributed by atoms with E-state index in [1.54, 1.807) is 13.8 Å². The van der Waals surface area contributed by atoms with E-state index in [0.29, 0.717) is 5.56 Å². The van der Waals surface area contributed by atoms with Crippen LogP contribution in [0.4, 0.5) is 29.2 Å². The highest BCUT2D eigenvalue weighted by Gasteiger charge is 2.57. The summed E-state index contributed by atoms with van der Waals surface area (Å²) in [5.74, 6) is -0.759. The minimum absolute atomic E-state index is 0.0279. The molecule has 0 bridgehead atoms. The number of anilines is 5. The van der Waals surface area contributed by atoms with Crippen LogP contribution in [0.2, 0.25) is 0 Å². The second-order valence-corrected chi connectivity index (χ2v) is 44.1. The Kier molecular flexibility index (Phi) is 37.1. The number of hydrogen-bond donors (Lipinski definition) is 8. The van der Waals surface area contributed by atoms with Crippen LogP contribution in [0.5, 0.6) is 0 Å². The maximum Gasteiger partial charge on any atom is 0.351 e. The second kappa shape index (κ2) is 48.3. The summed E-state index contributed by atoms with van der Waals surface area (Å²) in [4.78, 5) is 173. The predicted octanol–water partition coefficient (Wildman–Crippen LogP) is -3.83. The number of nitrogens with two attached hydrogens (primary N) is 5. The summed E-state index contributed by atoms with van der Waals surface area (Å²) in [5.41, 5.74) is 26.2. The predicted molar refractivity (Wildman–Crippen MR) is 499 cm³/mol. The summed E-state index contributed by atoms with van der Waals surface area (Å²) in [6, 6.07) is 0. The largest absolute Gasteiger partial charge is 0.780 e. The minimum atomic E-state index is -6.21. The Hall–Kier alpha value is -8.01. The van der Waals surface area contributed by atoms with Crippen molar-refractivity contribution in [2.24, 2.45) is 0 Å². The van der Waals surface area contributed by atoms with Crippen molar-refractivity contribution in [2.75, 3.05) is 163 Å². The molecule has 15 rings (SSSR count). The van der Waals surface area contributed by atoms with Crippen LogP contribution in [0.15, 0.2) is 74.2 Å². The fourth-order valence-electron chi connectivity index (χ4n) is 16.7. The molecular weight excluding hydrogens is 2110 g/mol. The molecule has 806 valence electrons. The average Bonchev–Trinajstić information content (AvgIpc) is 1.60. The number of fused-ring (bicyclic) bond motifs is 3. The lowest BCUT2D eigenvalue weighted by Crippen LogP contribution is -2.42. The second-order valence-electron chi connectivity index (χ2n) is 33.3. The molecule has 0 aliphatic carbocycles. The van der Waals surface area contributed by atoms with Crippen molar-refractivity contribution >= 4 is 134 Å². The zero-order valence-corrected chi connectivity index (χ0v) is 85.8. The van der Waals surface area contributed by atoms with Crippen molar-refractivity contribution in [3.8, 4) is 0 Å². The van der Waals surface area contributed by atoms with Gasteiger partial charge in [0, 0.05) is 77.3 Å². The third kappa shape index (κ3) is 26.0. The molecule has 62 nitrogen and oxygen atoms in total. The van der Waals surface area contributed by atoms with Gasteiger partial charge in [-0.3, -0.25) is 60.7 Å². The molecule has 10 unspecified atom stereocenters. The number of aromatic amines is 2. The number of aryl methyl sites for hydroxylation is 3. The van der Waals surface area contributed by atoms with E-state index in [2.05, 4.69) is 59.8 Å². The molecule has 9 aromatic heterocycles. The van der Waals surface area contributed by atoms with Crippen LogP contribution in [0, 0.1) is 20.8 Å². The molecule has 28 atom stereocenters. The molecule has 13 N–H and O–H groups in total. The van der Waals surface area contributed by atoms with Gasteiger partial charge in [-0.15, -0.1) is 0 Å². The Morgan fingerprint density at radius 2 is 0.801 bits per heavy atom. The first kappa shape index (κ1) is 112. The number of nitrogens with zero attached hydrogens (tertiary/aromatic N) is 16. The molecule has 15 heterocycles. The Balaban J connectivity index is 0.718. The molecule has 6 fully saturated rings. The molecule has 6 aliphatic rings.